The third-order valence-electron chi connectivity index (χ3n) is 5.57. The Labute approximate surface area is 167 Å². The molecule has 7 nitrogen and oxygen atoms in total. The van der Waals surface area contributed by atoms with Crippen molar-refractivity contribution >= 4 is 17.5 Å². The number of aromatic nitrogens is 3. The number of aliphatic hydroxyl groups is 1. The molecule has 2 aliphatic rings. The highest BCUT2D eigenvalue weighted by molar-refractivity contribution is 5.94. The number of hydrogen-bond acceptors (Lipinski definition) is 5. The number of nitrogens with zero attached hydrogens (tertiary/aromatic N) is 3. The van der Waals surface area contributed by atoms with E-state index < -0.39 is 48.1 Å². The molecule has 12 heteroatoms. The summed E-state index contributed by atoms with van der Waals surface area (Å²) in [5.74, 6) is -2.30. The zero-order valence-corrected chi connectivity index (χ0v) is 15.6. The van der Waals surface area contributed by atoms with Crippen LogP contribution in [0, 0.1) is 5.82 Å². The Morgan fingerprint density at radius 1 is 1.30 bits per heavy atom. The number of hydrogen-bond donors (Lipinski definition) is 3. The summed E-state index contributed by atoms with van der Waals surface area (Å²) < 4.78 is 67.7. The topological polar surface area (TPSA) is 94.1 Å². The van der Waals surface area contributed by atoms with E-state index in [0.29, 0.717) is 12.8 Å². The maximum atomic E-state index is 14.2. The number of amides is 1. The molecule has 3 N–H and O–H groups in total. The van der Waals surface area contributed by atoms with Crippen LogP contribution in [0.5, 0.6) is 0 Å². The first-order chi connectivity index (χ1) is 14.1. The first kappa shape index (κ1) is 20.5. The quantitative estimate of drug-likeness (QED) is 0.650. The van der Waals surface area contributed by atoms with E-state index in [1.807, 2.05) is 0 Å². The Hall–Kier alpha value is -2.76. The molecule has 0 aromatic carbocycles. The molecule has 1 atom stereocenters. The minimum Gasteiger partial charge on any atom is -0.376 e. The number of rotatable bonds is 3. The van der Waals surface area contributed by atoms with Crippen molar-refractivity contribution in [2.45, 2.75) is 43.6 Å². The fourth-order valence-corrected chi connectivity index (χ4v) is 4.05. The van der Waals surface area contributed by atoms with Gasteiger partial charge in [0.2, 0.25) is 5.91 Å². The van der Waals surface area contributed by atoms with Crippen LogP contribution in [0.1, 0.15) is 42.0 Å². The smallest absolute Gasteiger partial charge is 0.376 e. The number of fused-ring (bicyclic) bond motifs is 1. The van der Waals surface area contributed by atoms with Gasteiger partial charge < -0.3 is 15.3 Å². The van der Waals surface area contributed by atoms with Gasteiger partial charge in [0.25, 0.3) is 0 Å². The van der Waals surface area contributed by atoms with Crippen molar-refractivity contribution in [3.8, 4) is 0 Å². The molecule has 0 spiro atoms. The van der Waals surface area contributed by atoms with E-state index in [9.17, 15) is 31.9 Å². The minimum absolute atomic E-state index is 0.0330. The van der Waals surface area contributed by atoms with Crippen molar-refractivity contribution < 1.29 is 31.9 Å². The van der Waals surface area contributed by atoms with Crippen LogP contribution >= 0.6 is 0 Å². The number of alkyl halides is 4. The van der Waals surface area contributed by atoms with Gasteiger partial charge in [-0.15, -0.1) is 0 Å². The van der Waals surface area contributed by atoms with Gasteiger partial charge in [-0.05, 0) is 18.9 Å². The molecule has 4 rings (SSSR count). The predicted molar refractivity (Wildman–Crippen MR) is 95.0 cm³/mol. The fourth-order valence-electron chi connectivity index (χ4n) is 4.05. The van der Waals surface area contributed by atoms with E-state index in [0.717, 1.165) is 6.07 Å². The van der Waals surface area contributed by atoms with E-state index in [1.54, 1.807) is 4.90 Å². The molecule has 0 aliphatic carbocycles. The highest BCUT2D eigenvalue weighted by Crippen LogP contribution is 2.49. The molecule has 0 radical (unpaired) electrons. The van der Waals surface area contributed by atoms with Gasteiger partial charge in [-0.3, -0.25) is 9.89 Å². The SMILES string of the molecule is O=C1CC(O)(C(F)(F)F)c2c(C3CCN(c4ncc(CF)cc4F)CC3)n[nH]c2N1. The molecular weight excluding hydrogens is 413 g/mol. The van der Waals surface area contributed by atoms with Gasteiger partial charge >= 0.3 is 6.18 Å². The van der Waals surface area contributed by atoms with Gasteiger partial charge in [0.15, 0.2) is 17.2 Å². The maximum absolute atomic E-state index is 14.2. The van der Waals surface area contributed by atoms with Gasteiger partial charge in [-0.2, -0.15) is 18.3 Å². The molecular formula is C18H18F5N5O2. The summed E-state index contributed by atoms with van der Waals surface area (Å²) >= 11 is 0. The van der Waals surface area contributed by atoms with Crippen LogP contribution in [0.4, 0.5) is 33.6 Å². The second kappa shape index (κ2) is 7.18. The number of carbonyl (C=O) groups is 1. The second-order valence-corrected chi connectivity index (χ2v) is 7.49. The van der Waals surface area contributed by atoms with Crippen molar-refractivity contribution in [3.63, 3.8) is 0 Å². The standard InChI is InChI=1S/C18H18F5N5O2/c19-7-9-5-11(20)16(24-8-9)28-3-1-10(2-4-28)14-13-15(27-26-14)25-12(29)6-17(13,30)18(21,22)23/h5,8,10,30H,1-4,6-7H2,(H2,25,26,27,29). The molecule has 2 aliphatic heterocycles. The van der Waals surface area contributed by atoms with E-state index >= 15 is 0 Å². The number of anilines is 2. The third kappa shape index (κ3) is 3.28. The highest BCUT2D eigenvalue weighted by atomic mass is 19.4. The van der Waals surface area contributed by atoms with E-state index in [2.05, 4.69) is 20.5 Å². The summed E-state index contributed by atoms with van der Waals surface area (Å²) in [6.45, 7) is -0.279. The average molecular weight is 431 g/mol. The summed E-state index contributed by atoms with van der Waals surface area (Å²) in [6, 6.07) is 1.06. The number of carbonyl (C=O) groups excluding carboxylic acids is 1. The average Bonchev–Trinajstić information content (AvgIpc) is 3.11. The predicted octanol–water partition coefficient (Wildman–Crippen LogP) is 2.89. The second-order valence-electron chi connectivity index (χ2n) is 7.49. The van der Waals surface area contributed by atoms with Crippen LogP contribution in [0.2, 0.25) is 0 Å². The largest absolute Gasteiger partial charge is 0.422 e. The molecule has 2 aromatic rings. The number of nitrogens with one attached hydrogen (secondary N) is 2. The maximum Gasteiger partial charge on any atom is 0.422 e. The monoisotopic (exact) mass is 431 g/mol. The lowest BCUT2D eigenvalue weighted by Gasteiger charge is -2.36. The number of H-pyrrole nitrogens is 1. The van der Waals surface area contributed by atoms with E-state index in [-0.39, 0.29) is 36.0 Å². The summed E-state index contributed by atoms with van der Waals surface area (Å²) in [6.07, 6.45) is -4.33. The molecule has 0 saturated carbocycles. The summed E-state index contributed by atoms with van der Waals surface area (Å²) in [5, 5.41) is 19.0. The molecule has 1 amide bonds. The van der Waals surface area contributed by atoms with Crippen molar-refractivity contribution in [1.82, 2.24) is 15.2 Å². The van der Waals surface area contributed by atoms with Crippen molar-refractivity contribution in [1.29, 1.82) is 0 Å². The lowest BCUT2D eigenvalue weighted by Crippen LogP contribution is -2.49. The zero-order chi connectivity index (χ0) is 21.7. The third-order valence-corrected chi connectivity index (χ3v) is 5.57. The van der Waals surface area contributed by atoms with E-state index in [4.69, 9.17) is 0 Å². The molecule has 0 bridgehead atoms. The van der Waals surface area contributed by atoms with Gasteiger partial charge in [0, 0.05) is 30.8 Å². The van der Waals surface area contributed by atoms with Gasteiger partial charge in [-0.25, -0.2) is 13.8 Å². The molecule has 4 heterocycles. The summed E-state index contributed by atoms with van der Waals surface area (Å²) in [5.41, 5.74) is -3.65. The van der Waals surface area contributed by atoms with Crippen LogP contribution in [0.3, 0.4) is 0 Å². The summed E-state index contributed by atoms with van der Waals surface area (Å²) in [7, 11) is 0. The van der Waals surface area contributed by atoms with Crippen LogP contribution in [0.15, 0.2) is 12.3 Å². The number of aromatic amines is 1. The number of pyridine rings is 1. The molecule has 1 fully saturated rings. The summed E-state index contributed by atoms with van der Waals surface area (Å²) in [4.78, 5) is 17.2. The van der Waals surface area contributed by atoms with Crippen molar-refractivity contribution in [3.05, 3.63) is 34.9 Å². The Kier molecular flexibility index (Phi) is 4.91. The van der Waals surface area contributed by atoms with Crippen LogP contribution in [0.25, 0.3) is 0 Å². The molecule has 2 aromatic heterocycles. The first-order valence-electron chi connectivity index (χ1n) is 9.27. The minimum atomic E-state index is -5.07. The number of piperidine rings is 1. The fraction of sp³-hybridized carbons (Fsp3) is 0.500. The lowest BCUT2D eigenvalue weighted by atomic mass is 9.81. The number of halogens is 5. The first-order valence-corrected chi connectivity index (χ1v) is 9.27. The molecule has 1 saturated heterocycles. The Morgan fingerprint density at radius 3 is 2.60 bits per heavy atom. The Balaban J connectivity index is 1.58. The van der Waals surface area contributed by atoms with Gasteiger partial charge in [0.1, 0.15) is 12.5 Å². The van der Waals surface area contributed by atoms with Crippen LogP contribution < -0.4 is 10.2 Å². The zero-order valence-electron chi connectivity index (χ0n) is 15.6. The normalized spacial score (nSPS) is 22.7. The van der Waals surface area contributed by atoms with Crippen LogP contribution in [-0.2, 0) is 17.1 Å². The van der Waals surface area contributed by atoms with Gasteiger partial charge in [-0.1, -0.05) is 0 Å². The van der Waals surface area contributed by atoms with E-state index in [1.165, 1.54) is 6.20 Å². The van der Waals surface area contributed by atoms with Crippen molar-refractivity contribution in [2.75, 3.05) is 23.3 Å². The highest BCUT2D eigenvalue weighted by Gasteiger charge is 2.61. The van der Waals surface area contributed by atoms with Crippen LogP contribution in [-0.4, -0.2) is 45.5 Å². The molecule has 30 heavy (non-hydrogen) atoms. The Morgan fingerprint density at radius 2 is 2.00 bits per heavy atom. The van der Waals surface area contributed by atoms with Gasteiger partial charge in [0.05, 0.1) is 17.7 Å². The Bertz CT molecular complexity index is 970. The molecule has 1 unspecified atom stereocenters. The molecule has 162 valence electrons. The van der Waals surface area contributed by atoms with Crippen molar-refractivity contribution in [2.24, 2.45) is 0 Å². The lowest BCUT2D eigenvalue weighted by molar-refractivity contribution is -0.267.